The molecule has 2 amide bonds. The van der Waals surface area contributed by atoms with Crippen LogP contribution >= 0.6 is 0 Å². The van der Waals surface area contributed by atoms with Gasteiger partial charge in [-0.25, -0.2) is 9.78 Å². The fourth-order valence-electron chi connectivity index (χ4n) is 5.72. The van der Waals surface area contributed by atoms with E-state index in [-0.39, 0.29) is 11.6 Å². The summed E-state index contributed by atoms with van der Waals surface area (Å²) in [6.45, 7) is 3.54. The van der Waals surface area contributed by atoms with Crippen LogP contribution in [0.25, 0.3) is 0 Å². The Labute approximate surface area is 143 Å². The number of carbonyl (C=O) groups is 1. The largest absolute Gasteiger partial charge is 0.390 e. The highest BCUT2D eigenvalue weighted by Gasteiger charge is 2.57. The maximum absolute atomic E-state index is 12.3. The van der Waals surface area contributed by atoms with Crippen molar-refractivity contribution in [3.8, 4) is 0 Å². The second kappa shape index (κ2) is 5.76. The van der Waals surface area contributed by atoms with Crippen molar-refractivity contribution < 1.29 is 9.90 Å². The van der Waals surface area contributed by atoms with Gasteiger partial charge in [-0.15, -0.1) is 0 Å². The summed E-state index contributed by atoms with van der Waals surface area (Å²) < 4.78 is 2.09. The van der Waals surface area contributed by atoms with Crippen LogP contribution in [0.1, 0.15) is 50.6 Å². The number of imidazole rings is 1. The van der Waals surface area contributed by atoms with Gasteiger partial charge in [-0.1, -0.05) is 0 Å². The summed E-state index contributed by atoms with van der Waals surface area (Å²) in [5, 5.41) is 17.0. The maximum atomic E-state index is 12.3. The Balaban J connectivity index is 1.26. The van der Waals surface area contributed by atoms with Crippen molar-refractivity contribution in [1.29, 1.82) is 0 Å². The predicted octanol–water partition coefficient (Wildman–Crippen LogP) is 1.96. The van der Waals surface area contributed by atoms with Gasteiger partial charge in [-0.05, 0) is 63.7 Å². The van der Waals surface area contributed by atoms with E-state index in [4.69, 9.17) is 0 Å². The summed E-state index contributed by atoms with van der Waals surface area (Å²) in [6, 6.07) is -0.0806. The molecule has 1 aromatic heterocycles. The number of aryl methyl sites for hydroxylation is 2. The number of amides is 2. The minimum atomic E-state index is -0.531. The number of nitrogens with zero attached hydrogens (tertiary/aromatic N) is 2. The van der Waals surface area contributed by atoms with E-state index in [2.05, 4.69) is 20.2 Å². The highest BCUT2D eigenvalue weighted by atomic mass is 16.3. The molecule has 2 atom stereocenters. The molecule has 4 saturated carbocycles. The Morgan fingerprint density at radius 2 is 2.12 bits per heavy atom. The van der Waals surface area contributed by atoms with Crippen molar-refractivity contribution >= 4 is 6.03 Å². The zero-order chi connectivity index (χ0) is 16.8. The van der Waals surface area contributed by atoms with E-state index in [9.17, 15) is 9.90 Å². The van der Waals surface area contributed by atoms with Crippen LogP contribution in [-0.2, 0) is 6.54 Å². The molecule has 132 valence electrons. The summed E-state index contributed by atoms with van der Waals surface area (Å²) in [5.74, 6) is 1.17. The molecule has 3 N–H and O–H groups in total. The first-order valence-electron chi connectivity index (χ1n) is 9.21. The molecular weight excluding hydrogens is 304 g/mol. The molecule has 4 aliphatic carbocycles. The number of hydrogen-bond donors (Lipinski definition) is 3. The Morgan fingerprint density at radius 3 is 2.75 bits per heavy atom. The maximum Gasteiger partial charge on any atom is 0.315 e. The van der Waals surface area contributed by atoms with Gasteiger partial charge in [-0.3, -0.25) is 0 Å². The lowest BCUT2D eigenvalue weighted by atomic mass is 9.51. The van der Waals surface area contributed by atoms with E-state index < -0.39 is 5.60 Å². The third-order valence-corrected chi connectivity index (χ3v) is 6.19. The lowest BCUT2D eigenvalue weighted by molar-refractivity contribution is -0.139. The number of carbonyl (C=O) groups excluding carboxylic acids is 1. The number of nitrogens with one attached hydrogen (secondary N) is 2. The van der Waals surface area contributed by atoms with E-state index in [0.29, 0.717) is 18.4 Å². The van der Waals surface area contributed by atoms with E-state index in [0.717, 1.165) is 50.8 Å². The molecule has 4 aliphatic rings. The highest BCUT2D eigenvalue weighted by molar-refractivity contribution is 5.74. The molecule has 0 radical (unpaired) electrons. The minimum Gasteiger partial charge on any atom is -0.390 e. The zero-order valence-corrected chi connectivity index (χ0v) is 14.4. The van der Waals surface area contributed by atoms with Crippen molar-refractivity contribution in [2.75, 3.05) is 6.54 Å². The Kier molecular flexibility index (Phi) is 3.82. The van der Waals surface area contributed by atoms with Crippen molar-refractivity contribution in [2.24, 2.45) is 11.8 Å². The molecule has 4 fully saturated rings. The summed E-state index contributed by atoms with van der Waals surface area (Å²) in [4.78, 5) is 16.4. The molecule has 0 aliphatic heterocycles. The standard InChI is InChI=1S/C18H28N4O2/c1-13-10-19-12-22(13)4-2-3-20-16(23)21-17-6-14-5-15(7-17)9-18(24,8-14)11-17/h10,12,14-15,24H,2-9,11H2,1H3,(H2,20,21,23). The van der Waals surface area contributed by atoms with Gasteiger partial charge in [0.25, 0.3) is 0 Å². The molecule has 2 unspecified atom stereocenters. The first-order chi connectivity index (χ1) is 11.5. The third-order valence-electron chi connectivity index (χ3n) is 6.19. The molecule has 1 heterocycles. The summed E-state index contributed by atoms with van der Waals surface area (Å²) in [6.07, 6.45) is 10.4. The molecule has 1 aromatic rings. The fourth-order valence-corrected chi connectivity index (χ4v) is 5.72. The van der Waals surface area contributed by atoms with E-state index in [1.165, 1.54) is 6.42 Å². The van der Waals surface area contributed by atoms with Gasteiger partial charge in [0.1, 0.15) is 0 Å². The molecule has 0 spiro atoms. The lowest BCUT2D eigenvalue weighted by Gasteiger charge is -2.60. The molecule has 0 aromatic carbocycles. The Hall–Kier alpha value is -1.56. The predicted molar refractivity (Wildman–Crippen MR) is 90.5 cm³/mol. The van der Waals surface area contributed by atoms with Gasteiger partial charge in [0.15, 0.2) is 0 Å². The molecule has 6 heteroatoms. The molecule has 5 rings (SSSR count). The van der Waals surface area contributed by atoms with Crippen LogP contribution in [0, 0.1) is 18.8 Å². The molecule has 6 nitrogen and oxygen atoms in total. The van der Waals surface area contributed by atoms with Gasteiger partial charge in [0.05, 0.1) is 11.9 Å². The smallest absolute Gasteiger partial charge is 0.315 e. The van der Waals surface area contributed by atoms with E-state index in [1.807, 2.05) is 19.4 Å². The SMILES string of the molecule is Cc1cncn1CCCNC(=O)NC12CC3CC(CC(O)(C3)C1)C2. The van der Waals surface area contributed by atoms with Gasteiger partial charge >= 0.3 is 6.03 Å². The number of aliphatic hydroxyl groups is 1. The monoisotopic (exact) mass is 332 g/mol. The first-order valence-corrected chi connectivity index (χ1v) is 9.21. The Morgan fingerprint density at radius 1 is 1.38 bits per heavy atom. The van der Waals surface area contributed by atoms with Gasteiger partial charge < -0.3 is 20.3 Å². The van der Waals surface area contributed by atoms with Crippen LogP contribution in [0.5, 0.6) is 0 Å². The third kappa shape index (κ3) is 3.04. The fraction of sp³-hybridized carbons (Fsp3) is 0.778. The van der Waals surface area contributed by atoms with Crippen LogP contribution in [0.15, 0.2) is 12.5 Å². The number of urea groups is 1. The van der Waals surface area contributed by atoms with Crippen LogP contribution < -0.4 is 10.6 Å². The topological polar surface area (TPSA) is 79.2 Å². The normalized spacial score (nSPS) is 36.8. The number of hydrogen-bond acceptors (Lipinski definition) is 3. The van der Waals surface area contributed by atoms with Crippen LogP contribution in [0.4, 0.5) is 4.79 Å². The molecule has 4 bridgehead atoms. The molecular formula is C18H28N4O2. The van der Waals surface area contributed by atoms with Gasteiger partial charge in [0, 0.05) is 30.5 Å². The summed E-state index contributed by atoms with van der Waals surface area (Å²) in [5.41, 5.74) is 0.432. The Bertz CT molecular complexity index is 612. The number of rotatable bonds is 5. The van der Waals surface area contributed by atoms with E-state index in [1.54, 1.807) is 0 Å². The van der Waals surface area contributed by atoms with Crippen molar-refractivity contribution in [3.63, 3.8) is 0 Å². The van der Waals surface area contributed by atoms with Crippen molar-refractivity contribution in [2.45, 2.75) is 69.6 Å². The van der Waals surface area contributed by atoms with Crippen molar-refractivity contribution in [3.05, 3.63) is 18.2 Å². The second-order valence-corrected chi connectivity index (χ2v) is 8.43. The zero-order valence-electron chi connectivity index (χ0n) is 14.4. The minimum absolute atomic E-state index is 0.0806. The quantitative estimate of drug-likeness (QED) is 0.721. The average molecular weight is 332 g/mol. The number of aromatic nitrogens is 2. The molecule has 24 heavy (non-hydrogen) atoms. The second-order valence-electron chi connectivity index (χ2n) is 8.43. The highest BCUT2D eigenvalue weighted by Crippen LogP contribution is 2.57. The summed E-state index contributed by atoms with van der Waals surface area (Å²) >= 11 is 0. The lowest BCUT2D eigenvalue weighted by Crippen LogP contribution is -2.66. The van der Waals surface area contributed by atoms with Gasteiger partial charge in [-0.2, -0.15) is 0 Å². The first kappa shape index (κ1) is 15.9. The van der Waals surface area contributed by atoms with E-state index >= 15 is 0 Å². The van der Waals surface area contributed by atoms with Crippen LogP contribution in [0.3, 0.4) is 0 Å². The average Bonchev–Trinajstić information content (AvgIpc) is 2.85. The summed E-state index contributed by atoms with van der Waals surface area (Å²) in [7, 11) is 0. The van der Waals surface area contributed by atoms with Crippen LogP contribution in [-0.4, -0.2) is 38.4 Å². The van der Waals surface area contributed by atoms with Gasteiger partial charge in [0.2, 0.25) is 0 Å². The van der Waals surface area contributed by atoms with Crippen molar-refractivity contribution in [1.82, 2.24) is 20.2 Å². The molecule has 0 saturated heterocycles. The van der Waals surface area contributed by atoms with Crippen LogP contribution in [0.2, 0.25) is 0 Å².